The third-order valence-corrected chi connectivity index (χ3v) is 7.41. The van der Waals surface area contributed by atoms with Crippen molar-refractivity contribution in [2.24, 2.45) is 0 Å². The van der Waals surface area contributed by atoms with Gasteiger partial charge in [0.2, 0.25) is 0 Å². The van der Waals surface area contributed by atoms with Crippen molar-refractivity contribution in [1.82, 2.24) is 14.8 Å². The molecule has 148 valence electrons. The number of piperazine rings is 1. The fraction of sp³-hybridized carbons (Fsp3) is 0.333. The number of hydrogen-bond acceptors (Lipinski definition) is 4. The van der Waals surface area contributed by atoms with Crippen LogP contribution in [0.2, 0.25) is 0 Å². The summed E-state index contributed by atoms with van der Waals surface area (Å²) >= 11 is 1.67. The van der Waals surface area contributed by atoms with Gasteiger partial charge in [-0.2, -0.15) is 0 Å². The van der Waals surface area contributed by atoms with Crippen LogP contribution in [0.25, 0.3) is 10.4 Å². The maximum Gasteiger partial charge on any atom is 0.264 e. The Balaban J connectivity index is 1.28. The molecular formula is C24H25N3OS. The molecule has 5 rings (SSSR count). The third kappa shape index (κ3) is 3.49. The molecule has 2 aliphatic rings. The van der Waals surface area contributed by atoms with Gasteiger partial charge in [0.25, 0.3) is 5.91 Å². The first kappa shape index (κ1) is 18.5. The molecule has 0 radical (unpaired) electrons. The number of amides is 1. The van der Waals surface area contributed by atoms with Crippen molar-refractivity contribution in [3.05, 3.63) is 76.4 Å². The lowest BCUT2D eigenvalue weighted by Crippen LogP contribution is -2.49. The van der Waals surface area contributed by atoms with Crippen molar-refractivity contribution in [1.29, 1.82) is 0 Å². The Hall–Kier alpha value is -2.50. The van der Waals surface area contributed by atoms with Crippen LogP contribution < -0.4 is 0 Å². The summed E-state index contributed by atoms with van der Waals surface area (Å²) in [7, 11) is 0. The van der Waals surface area contributed by atoms with Gasteiger partial charge in [-0.1, -0.05) is 30.3 Å². The van der Waals surface area contributed by atoms with E-state index >= 15 is 0 Å². The Bertz CT molecular complexity index is 1020. The van der Waals surface area contributed by atoms with Crippen LogP contribution in [-0.2, 0) is 12.8 Å². The van der Waals surface area contributed by atoms with Crippen molar-refractivity contribution >= 4 is 17.2 Å². The molecule has 4 nitrogen and oxygen atoms in total. The number of fused-ring (bicyclic) bond motifs is 3. The van der Waals surface area contributed by atoms with Gasteiger partial charge in [-0.3, -0.25) is 14.7 Å². The van der Waals surface area contributed by atoms with E-state index in [0.29, 0.717) is 0 Å². The van der Waals surface area contributed by atoms with Crippen molar-refractivity contribution in [2.75, 3.05) is 26.2 Å². The van der Waals surface area contributed by atoms with E-state index in [-0.39, 0.29) is 11.9 Å². The maximum atomic E-state index is 13.2. The number of carbonyl (C=O) groups is 1. The van der Waals surface area contributed by atoms with Crippen LogP contribution in [0.1, 0.15) is 39.5 Å². The number of aromatic nitrogens is 1. The summed E-state index contributed by atoms with van der Waals surface area (Å²) in [5.74, 6) is 0.187. The van der Waals surface area contributed by atoms with Gasteiger partial charge in [-0.15, -0.1) is 11.3 Å². The molecule has 0 bridgehead atoms. The highest BCUT2D eigenvalue weighted by atomic mass is 32.1. The molecule has 0 saturated carbocycles. The molecule has 1 aliphatic heterocycles. The molecule has 29 heavy (non-hydrogen) atoms. The van der Waals surface area contributed by atoms with E-state index in [9.17, 15) is 4.79 Å². The number of pyridine rings is 1. The number of thiophene rings is 1. The molecule has 1 aliphatic carbocycles. The summed E-state index contributed by atoms with van der Waals surface area (Å²) in [6.07, 6.45) is 3.95. The van der Waals surface area contributed by atoms with Gasteiger partial charge in [0, 0.05) is 43.3 Å². The first-order chi connectivity index (χ1) is 14.2. The largest absolute Gasteiger partial charge is 0.335 e. The number of hydrogen-bond donors (Lipinski definition) is 0. The maximum absolute atomic E-state index is 13.2. The molecule has 2 aromatic heterocycles. The monoisotopic (exact) mass is 403 g/mol. The zero-order chi connectivity index (χ0) is 19.8. The summed E-state index contributed by atoms with van der Waals surface area (Å²) in [6, 6.07) is 17.1. The van der Waals surface area contributed by atoms with Crippen LogP contribution in [0.15, 0.2) is 54.7 Å². The van der Waals surface area contributed by atoms with E-state index in [1.807, 2.05) is 23.2 Å². The molecule has 5 heteroatoms. The second-order valence-corrected chi connectivity index (χ2v) is 8.93. The Morgan fingerprint density at radius 3 is 2.55 bits per heavy atom. The minimum absolute atomic E-state index is 0.187. The second-order valence-electron chi connectivity index (χ2n) is 7.88. The van der Waals surface area contributed by atoms with Gasteiger partial charge in [0.15, 0.2) is 0 Å². The average molecular weight is 404 g/mol. The molecule has 0 spiro atoms. The topological polar surface area (TPSA) is 36.4 Å². The number of rotatable bonds is 3. The van der Waals surface area contributed by atoms with Crippen LogP contribution in [0, 0.1) is 0 Å². The molecule has 1 amide bonds. The highest BCUT2D eigenvalue weighted by Gasteiger charge is 2.28. The lowest BCUT2D eigenvalue weighted by atomic mass is 9.91. The lowest BCUT2D eigenvalue weighted by molar-refractivity contribution is 0.0583. The predicted octanol–water partition coefficient (Wildman–Crippen LogP) is 4.43. The fourth-order valence-electron chi connectivity index (χ4n) is 4.46. The van der Waals surface area contributed by atoms with E-state index in [4.69, 9.17) is 0 Å². The smallest absolute Gasteiger partial charge is 0.264 e. The molecule has 1 atom stereocenters. The number of carbonyl (C=O) groups excluding carboxylic acids is 1. The van der Waals surface area contributed by atoms with Crippen LogP contribution in [0.4, 0.5) is 0 Å². The zero-order valence-corrected chi connectivity index (χ0v) is 17.5. The van der Waals surface area contributed by atoms with E-state index in [2.05, 4.69) is 53.2 Å². The van der Waals surface area contributed by atoms with Crippen molar-refractivity contribution in [3.8, 4) is 10.4 Å². The first-order valence-corrected chi connectivity index (χ1v) is 11.2. The molecule has 1 fully saturated rings. The van der Waals surface area contributed by atoms with Crippen molar-refractivity contribution in [2.45, 2.75) is 25.8 Å². The summed E-state index contributed by atoms with van der Waals surface area (Å²) < 4.78 is 0. The van der Waals surface area contributed by atoms with Gasteiger partial charge >= 0.3 is 0 Å². The van der Waals surface area contributed by atoms with Crippen LogP contribution >= 0.6 is 11.3 Å². The number of nitrogens with zero attached hydrogens (tertiary/aromatic N) is 3. The summed E-state index contributed by atoms with van der Waals surface area (Å²) in [5.41, 5.74) is 5.14. The molecule has 0 N–H and O–H groups in total. The van der Waals surface area contributed by atoms with Gasteiger partial charge in [-0.05, 0) is 54.7 Å². The minimum Gasteiger partial charge on any atom is -0.335 e. The highest BCUT2D eigenvalue weighted by Crippen LogP contribution is 2.39. The van der Waals surface area contributed by atoms with E-state index in [0.717, 1.165) is 49.6 Å². The van der Waals surface area contributed by atoms with E-state index < -0.39 is 0 Å². The molecule has 1 aromatic carbocycles. The third-order valence-electron chi connectivity index (χ3n) is 6.21. The van der Waals surface area contributed by atoms with Crippen molar-refractivity contribution in [3.63, 3.8) is 0 Å². The van der Waals surface area contributed by atoms with Crippen LogP contribution in [0.5, 0.6) is 0 Å². The number of aryl methyl sites for hydroxylation is 2. The van der Waals surface area contributed by atoms with Gasteiger partial charge in [0.05, 0.1) is 10.6 Å². The molecule has 3 heterocycles. The minimum atomic E-state index is 0.187. The molecular weight excluding hydrogens is 378 g/mol. The highest BCUT2D eigenvalue weighted by molar-refractivity contribution is 7.17. The Morgan fingerprint density at radius 1 is 1.00 bits per heavy atom. The second kappa shape index (κ2) is 7.73. The van der Waals surface area contributed by atoms with Gasteiger partial charge in [-0.25, -0.2) is 0 Å². The Kier molecular flexibility index (Phi) is 4.94. The number of benzene rings is 1. The Morgan fingerprint density at radius 2 is 1.76 bits per heavy atom. The average Bonchev–Trinajstić information content (AvgIpc) is 3.24. The van der Waals surface area contributed by atoms with Gasteiger partial charge < -0.3 is 4.90 Å². The quantitative estimate of drug-likeness (QED) is 0.649. The van der Waals surface area contributed by atoms with Crippen LogP contribution in [0.3, 0.4) is 0 Å². The fourth-order valence-corrected chi connectivity index (χ4v) is 5.69. The van der Waals surface area contributed by atoms with Gasteiger partial charge in [0.1, 0.15) is 0 Å². The van der Waals surface area contributed by atoms with E-state index in [1.54, 1.807) is 11.3 Å². The normalized spacial score (nSPS) is 17.5. The van der Waals surface area contributed by atoms with Crippen LogP contribution in [-0.4, -0.2) is 46.9 Å². The lowest BCUT2D eigenvalue weighted by Gasteiger charge is -2.37. The summed E-state index contributed by atoms with van der Waals surface area (Å²) in [6.45, 7) is 5.52. The zero-order valence-electron chi connectivity index (χ0n) is 16.7. The summed E-state index contributed by atoms with van der Waals surface area (Å²) in [5, 5.41) is 0. The summed E-state index contributed by atoms with van der Waals surface area (Å²) in [4.78, 5) is 24.3. The SMILES string of the molecule is CC(c1ccccn1)N1CCN(C(=O)c2cc3c(s2)-c2ccccc2CC3)CC1. The molecule has 1 unspecified atom stereocenters. The standard InChI is InChI=1S/C24H25N3OS/c1-17(21-8-4-5-11-25-21)26-12-14-27(15-13-26)24(28)22-16-19-10-9-18-6-2-3-7-20(18)23(19)29-22/h2-8,11,16-17H,9-10,12-15H2,1H3. The molecule has 1 saturated heterocycles. The van der Waals surface area contributed by atoms with Crippen molar-refractivity contribution < 1.29 is 4.79 Å². The first-order valence-electron chi connectivity index (χ1n) is 10.4. The predicted molar refractivity (Wildman–Crippen MR) is 117 cm³/mol. The molecule has 3 aromatic rings. The van der Waals surface area contributed by atoms with E-state index in [1.165, 1.54) is 21.6 Å². The Labute approximate surface area is 175 Å².